The van der Waals surface area contributed by atoms with Crippen molar-refractivity contribution in [2.24, 2.45) is 0 Å². The van der Waals surface area contributed by atoms with Gasteiger partial charge in [-0.05, 0) is 105 Å². The Labute approximate surface area is 218 Å². The predicted octanol–water partition coefficient (Wildman–Crippen LogP) is 6.29. The van der Waals surface area contributed by atoms with E-state index >= 15 is 0 Å². The summed E-state index contributed by atoms with van der Waals surface area (Å²) in [4.78, 5) is 7.00. The van der Waals surface area contributed by atoms with E-state index < -0.39 is 0 Å². The lowest BCUT2D eigenvalue weighted by Gasteiger charge is -2.28. The maximum absolute atomic E-state index is 5.91. The van der Waals surface area contributed by atoms with Gasteiger partial charge in [-0.3, -0.25) is 4.98 Å². The topological polar surface area (TPSA) is 42.3 Å². The standard InChI is InChI=1S/C30H32N4OS/c1-19-14-20(2)16-24(15-19)34-21(3)17-26(22(34)4)29-28(27-8-6-7-13-31-27)32-30(36)33(29)18-23-9-11-25(35-5)12-10-23/h6-17,28-29H,18H2,1-5H3,(H,32,36)/t28-,29+/m1/s1. The van der Waals surface area contributed by atoms with Crippen molar-refractivity contribution < 1.29 is 4.74 Å². The number of rotatable bonds is 6. The fourth-order valence-corrected chi connectivity index (χ4v) is 5.71. The highest BCUT2D eigenvalue weighted by Crippen LogP contribution is 2.42. The van der Waals surface area contributed by atoms with Crippen LogP contribution in [0.5, 0.6) is 5.75 Å². The van der Waals surface area contributed by atoms with Gasteiger partial charge in [0.15, 0.2) is 5.11 Å². The summed E-state index contributed by atoms with van der Waals surface area (Å²) in [7, 11) is 1.69. The second-order valence-electron chi connectivity index (χ2n) is 9.61. The van der Waals surface area contributed by atoms with Crippen molar-refractivity contribution in [1.82, 2.24) is 19.8 Å². The Morgan fingerprint density at radius 3 is 2.31 bits per heavy atom. The van der Waals surface area contributed by atoms with Crippen LogP contribution in [-0.4, -0.2) is 26.7 Å². The lowest BCUT2D eigenvalue weighted by atomic mass is 9.96. The molecule has 0 amide bonds. The van der Waals surface area contributed by atoms with Crippen LogP contribution in [0, 0.1) is 27.7 Å². The molecule has 1 aliphatic rings. The molecule has 0 aliphatic carbocycles. The van der Waals surface area contributed by atoms with Gasteiger partial charge in [-0.1, -0.05) is 24.3 Å². The molecule has 5 nitrogen and oxygen atoms in total. The maximum atomic E-state index is 5.91. The molecule has 0 radical (unpaired) electrons. The second-order valence-corrected chi connectivity index (χ2v) is 10.00. The Bertz CT molecular complexity index is 1370. The maximum Gasteiger partial charge on any atom is 0.170 e. The normalized spacial score (nSPS) is 17.4. The summed E-state index contributed by atoms with van der Waals surface area (Å²) >= 11 is 5.91. The third-order valence-electron chi connectivity index (χ3n) is 6.96. The third-order valence-corrected chi connectivity index (χ3v) is 7.32. The number of pyridine rings is 1. The first-order valence-electron chi connectivity index (χ1n) is 12.2. The number of hydrogen-bond acceptors (Lipinski definition) is 3. The molecule has 0 saturated carbocycles. The van der Waals surface area contributed by atoms with Gasteiger partial charge in [0.25, 0.3) is 0 Å². The Morgan fingerprint density at radius 2 is 1.67 bits per heavy atom. The molecule has 0 bridgehead atoms. The number of nitrogens with one attached hydrogen (secondary N) is 1. The van der Waals surface area contributed by atoms with Gasteiger partial charge in [-0.2, -0.15) is 0 Å². The van der Waals surface area contributed by atoms with Crippen molar-refractivity contribution in [3.05, 3.63) is 112 Å². The Balaban J connectivity index is 1.61. The van der Waals surface area contributed by atoms with Crippen LogP contribution < -0.4 is 10.1 Å². The molecule has 184 valence electrons. The van der Waals surface area contributed by atoms with Gasteiger partial charge >= 0.3 is 0 Å². The molecule has 2 aromatic carbocycles. The lowest BCUT2D eigenvalue weighted by molar-refractivity contribution is 0.310. The highest BCUT2D eigenvalue weighted by molar-refractivity contribution is 7.80. The van der Waals surface area contributed by atoms with Crippen molar-refractivity contribution in [2.45, 2.75) is 46.3 Å². The number of ether oxygens (including phenoxy) is 1. The van der Waals surface area contributed by atoms with E-state index in [9.17, 15) is 0 Å². The fourth-order valence-electron chi connectivity index (χ4n) is 5.41. The van der Waals surface area contributed by atoms with Gasteiger partial charge in [0, 0.05) is 29.8 Å². The number of hydrogen-bond donors (Lipinski definition) is 1. The van der Waals surface area contributed by atoms with Crippen LogP contribution in [0.2, 0.25) is 0 Å². The summed E-state index contributed by atoms with van der Waals surface area (Å²) in [5, 5.41) is 4.33. The molecular weight excluding hydrogens is 464 g/mol. The summed E-state index contributed by atoms with van der Waals surface area (Å²) in [6.07, 6.45) is 1.85. The minimum atomic E-state index is -0.0508. The lowest BCUT2D eigenvalue weighted by Crippen LogP contribution is -2.29. The minimum Gasteiger partial charge on any atom is -0.497 e. The van der Waals surface area contributed by atoms with E-state index in [-0.39, 0.29) is 12.1 Å². The molecule has 6 heteroatoms. The summed E-state index contributed by atoms with van der Waals surface area (Å²) in [5.74, 6) is 0.848. The first-order chi connectivity index (χ1) is 17.4. The van der Waals surface area contributed by atoms with Gasteiger partial charge in [0.05, 0.1) is 24.9 Å². The number of benzene rings is 2. The van der Waals surface area contributed by atoms with E-state index in [0.717, 1.165) is 16.6 Å². The number of methoxy groups -OCH3 is 1. The molecule has 36 heavy (non-hydrogen) atoms. The van der Waals surface area contributed by atoms with Crippen LogP contribution in [-0.2, 0) is 6.54 Å². The highest BCUT2D eigenvalue weighted by atomic mass is 32.1. The monoisotopic (exact) mass is 496 g/mol. The smallest absolute Gasteiger partial charge is 0.170 e. The summed E-state index contributed by atoms with van der Waals surface area (Å²) in [6, 6.07) is 23.2. The van der Waals surface area contributed by atoms with E-state index in [1.165, 1.54) is 39.3 Å². The van der Waals surface area contributed by atoms with Gasteiger partial charge in [-0.25, -0.2) is 0 Å². The Hall–Kier alpha value is -3.64. The summed E-state index contributed by atoms with van der Waals surface area (Å²) < 4.78 is 7.71. The Kier molecular flexibility index (Phi) is 6.54. The van der Waals surface area contributed by atoms with Crippen LogP contribution in [0.15, 0.2) is 72.9 Å². The molecule has 1 fully saturated rings. The van der Waals surface area contributed by atoms with Crippen LogP contribution >= 0.6 is 12.2 Å². The molecule has 2 aromatic heterocycles. The molecule has 0 spiro atoms. The van der Waals surface area contributed by atoms with E-state index in [1.54, 1.807) is 7.11 Å². The Morgan fingerprint density at radius 1 is 0.944 bits per heavy atom. The van der Waals surface area contributed by atoms with E-state index in [1.807, 2.05) is 30.5 Å². The minimum absolute atomic E-state index is 0.000331. The van der Waals surface area contributed by atoms with E-state index in [2.05, 4.69) is 84.9 Å². The largest absolute Gasteiger partial charge is 0.497 e. The molecule has 1 aliphatic heterocycles. The first kappa shape index (κ1) is 24.1. The van der Waals surface area contributed by atoms with Crippen molar-refractivity contribution in [3.8, 4) is 11.4 Å². The molecule has 4 aromatic rings. The molecule has 1 N–H and O–H groups in total. The van der Waals surface area contributed by atoms with Crippen molar-refractivity contribution in [3.63, 3.8) is 0 Å². The van der Waals surface area contributed by atoms with E-state index in [0.29, 0.717) is 6.54 Å². The molecule has 0 unspecified atom stereocenters. The van der Waals surface area contributed by atoms with Gasteiger partial charge in [0.2, 0.25) is 0 Å². The van der Waals surface area contributed by atoms with Crippen molar-refractivity contribution in [2.75, 3.05) is 7.11 Å². The van der Waals surface area contributed by atoms with Crippen molar-refractivity contribution in [1.29, 1.82) is 0 Å². The second kappa shape index (κ2) is 9.78. The van der Waals surface area contributed by atoms with Crippen LogP contribution in [0.4, 0.5) is 0 Å². The molecule has 5 rings (SSSR count). The SMILES string of the molecule is COc1ccc(CN2C(=S)N[C@H](c3ccccn3)[C@@H]2c2cc(C)n(-c3cc(C)cc(C)c3)c2C)cc1. The zero-order valence-corrected chi connectivity index (χ0v) is 22.3. The van der Waals surface area contributed by atoms with Gasteiger partial charge in [-0.15, -0.1) is 0 Å². The first-order valence-corrected chi connectivity index (χ1v) is 12.6. The zero-order chi connectivity index (χ0) is 25.4. The molecule has 2 atom stereocenters. The summed E-state index contributed by atoms with van der Waals surface area (Å²) in [5.41, 5.74) is 9.55. The average Bonchev–Trinajstić information content (AvgIpc) is 3.34. The van der Waals surface area contributed by atoms with Crippen LogP contribution in [0.25, 0.3) is 5.69 Å². The van der Waals surface area contributed by atoms with Gasteiger partial charge < -0.3 is 19.5 Å². The predicted molar refractivity (Wildman–Crippen MR) is 149 cm³/mol. The third kappa shape index (κ3) is 4.49. The zero-order valence-electron chi connectivity index (χ0n) is 21.4. The number of thiocarbonyl (C=S) groups is 1. The van der Waals surface area contributed by atoms with E-state index in [4.69, 9.17) is 21.9 Å². The molecule has 1 saturated heterocycles. The quantitative estimate of drug-likeness (QED) is 0.318. The van der Waals surface area contributed by atoms with Gasteiger partial charge in [0.1, 0.15) is 5.75 Å². The molecular formula is C30H32N4OS. The fraction of sp³-hybridized carbons (Fsp3) is 0.267. The number of nitrogens with zero attached hydrogens (tertiary/aromatic N) is 3. The summed E-state index contributed by atoms with van der Waals surface area (Å²) in [6.45, 7) is 9.38. The number of aryl methyl sites for hydroxylation is 3. The number of aromatic nitrogens is 2. The average molecular weight is 497 g/mol. The van der Waals surface area contributed by atoms with Crippen molar-refractivity contribution >= 4 is 17.3 Å². The molecule has 3 heterocycles. The van der Waals surface area contributed by atoms with Crippen LogP contribution in [0.1, 0.15) is 51.4 Å². The highest BCUT2D eigenvalue weighted by Gasteiger charge is 2.41. The van der Waals surface area contributed by atoms with Crippen LogP contribution in [0.3, 0.4) is 0 Å².